The molecule has 1 atom stereocenters. The zero-order chi connectivity index (χ0) is 26.0. The molecule has 0 saturated carbocycles. The summed E-state index contributed by atoms with van der Waals surface area (Å²) in [4.78, 5) is 19.2. The van der Waals surface area contributed by atoms with E-state index in [1.165, 1.54) is 6.26 Å². The molecule has 2 aliphatic rings. The van der Waals surface area contributed by atoms with Gasteiger partial charge in [-0.3, -0.25) is 0 Å². The highest BCUT2D eigenvalue weighted by molar-refractivity contribution is 7.90. The number of morpholine rings is 1. The Labute approximate surface area is 216 Å². The summed E-state index contributed by atoms with van der Waals surface area (Å²) in [6, 6.07) is 14.5. The fourth-order valence-corrected chi connectivity index (χ4v) is 5.63. The number of pyridine rings is 1. The SMILES string of the molecule is CS(=O)(=O)c1cc(-c2cc3c(c(Nc4ccc(N5CCOCC5)cc4)n2)C(C=O)NC=C3)ccc1CN. The molecule has 10 heteroatoms. The number of ether oxygens (including phenoxy) is 1. The summed E-state index contributed by atoms with van der Waals surface area (Å²) in [6.45, 7) is 3.24. The lowest BCUT2D eigenvalue weighted by atomic mass is 9.96. The Morgan fingerprint density at radius 2 is 1.92 bits per heavy atom. The van der Waals surface area contributed by atoms with Crippen LogP contribution in [0.5, 0.6) is 0 Å². The van der Waals surface area contributed by atoms with E-state index in [0.29, 0.717) is 35.9 Å². The van der Waals surface area contributed by atoms with Gasteiger partial charge in [-0.1, -0.05) is 12.1 Å². The number of hydrogen-bond acceptors (Lipinski definition) is 9. The van der Waals surface area contributed by atoms with Crippen molar-refractivity contribution in [3.8, 4) is 11.3 Å². The third-order valence-corrected chi connectivity index (χ3v) is 7.74. The van der Waals surface area contributed by atoms with Crippen molar-refractivity contribution in [2.24, 2.45) is 5.73 Å². The molecule has 192 valence electrons. The van der Waals surface area contributed by atoms with E-state index in [1.54, 1.807) is 18.3 Å². The van der Waals surface area contributed by atoms with Crippen LogP contribution in [0.15, 0.2) is 59.6 Å². The molecule has 3 heterocycles. The number of hydrogen-bond donors (Lipinski definition) is 3. The minimum atomic E-state index is -3.48. The van der Waals surface area contributed by atoms with E-state index in [9.17, 15) is 13.2 Å². The van der Waals surface area contributed by atoms with Gasteiger partial charge >= 0.3 is 0 Å². The lowest BCUT2D eigenvalue weighted by Crippen LogP contribution is -2.36. The number of aldehydes is 1. The monoisotopic (exact) mass is 519 g/mol. The Hall–Kier alpha value is -3.73. The van der Waals surface area contributed by atoms with Gasteiger partial charge in [0.25, 0.3) is 0 Å². The number of anilines is 3. The molecule has 0 aliphatic carbocycles. The van der Waals surface area contributed by atoms with Gasteiger partial charge in [0.1, 0.15) is 18.1 Å². The predicted molar refractivity (Wildman–Crippen MR) is 144 cm³/mol. The first-order valence-electron chi connectivity index (χ1n) is 12.0. The van der Waals surface area contributed by atoms with Crippen LogP contribution in [0.3, 0.4) is 0 Å². The Kier molecular flexibility index (Phi) is 6.96. The van der Waals surface area contributed by atoms with Crippen molar-refractivity contribution in [1.29, 1.82) is 0 Å². The van der Waals surface area contributed by atoms with Crippen LogP contribution >= 0.6 is 0 Å². The van der Waals surface area contributed by atoms with Crippen LogP contribution in [-0.2, 0) is 25.9 Å². The Balaban J connectivity index is 1.55. The van der Waals surface area contributed by atoms with Gasteiger partial charge in [0.2, 0.25) is 0 Å². The van der Waals surface area contributed by atoms with E-state index in [2.05, 4.69) is 15.5 Å². The molecular weight excluding hydrogens is 490 g/mol. The summed E-state index contributed by atoms with van der Waals surface area (Å²) in [5.74, 6) is 0.518. The summed E-state index contributed by atoms with van der Waals surface area (Å²) in [5.41, 5.74) is 11.0. The van der Waals surface area contributed by atoms with Crippen molar-refractivity contribution in [2.75, 3.05) is 42.8 Å². The van der Waals surface area contributed by atoms with Gasteiger partial charge in [-0.15, -0.1) is 0 Å². The lowest BCUT2D eigenvalue weighted by molar-refractivity contribution is -0.109. The van der Waals surface area contributed by atoms with Crippen molar-refractivity contribution in [2.45, 2.75) is 17.5 Å². The second kappa shape index (κ2) is 10.3. The van der Waals surface area contributed by atoms with Gasteiger partial charge in [-0.2, -0.15) is 0 Å². The zero-order valence-electron chi connectivity index (χ0n) is 20.5. The highest BCUT2D eigenvalue weighted by atomic mass is 32.2. The number of carbonyl (C=O) groups is 1. The molecule has 9 nitrogen and oxygen atoms in total. The van der Waals surface area contributed by atoms with Crippen LogP contribution in [0.2, 0.25) is 0 Å². The van der Waals surface area contributed by atoms with E-state index in [-0.39, 0.29) is 11.4 Å². The van der Waals surface area contributed by atoms with E-state index >= 15 is 0 Å². The molecule has 3 aromatic rings. The van der Waals surface area contributed by atoms with Gasteiger partial charge < -0.3 is 30.8 Å². The van der Waals surface area contributed by atoms with Crippen LogP contribution < -0.4 is 21.3 Å². The zero-order valence-corrected chi connectivity index (χ0v) is 21.3. The van der Waals surface area contributed by atoms with Gasteiger partial charge in [0, 0.05) is 48.4 Å². The molecule has 0 amide bonds. The first-order chi connectivity index (χ1) is 17.9. The van der Waals surface area contributed by atoms with Crippen LogP contribution in [0.25, 0.3) is 17.3 Å². The predicted octanol–water partition coefficient (Wildman–Crippen LogP) is 3.00. The second-order valence-corrected chi connectivity index (χ2v) is 11.0. The Morgan fingerprint density at radius 3 is 2.59 bits per heavy atom. The molecule has 1 fully saturated rings. The Morgan fingerprint density at radius 1 is 1.16 bits per heavy atom. The molecule has 5 rings (SSSR count). The largest absolute Gasteiger partial charge is 0.378 e. The fraction of sp³-hybridized carbons (Fsp3) is 0.259. The topological polar surface area (TPSA) is 127 Å². The van der Waals surface area contributed by atoms with E-state index in [1.807, 2.05) is 42.5 Å². The van der Waals surface area contributed by atoms with E-state index in [0.717, 1.165) is 41.9 Å². The maximum atomic E-state index is 12.4. The van der Waals surface area contributed by atoms with E-state index in [4.69, 9.17) is 15.5 Å². The normalized spacial score (nSPS) is 17.1. The number of nitrogens with two attached hydrogens (primary N) is 1. The first-order valence-corrected chi connectivity index (χ1v) is 13.9. The smallest absolute Gasteiger partial charge is 0.175 e. The van der Waals surface area contributed by atoms with Crippen LogP contribution in [0.4, 0.5) is 17.2 Å². The van der Waals surface area contributed by atoms with Crippen molar-refractivity contribution >= 4 is 39.4 Å². The van der Waals surface area contributed by atoms with Crippen LogP contribution in [-0.4, -0.2) is 52.2 Å². The van der Waals surface area contributed by atoms with Crippen molar-refractivity contribution in [3.05, 3.63) is 71.4 Å². The number of rotatable bonds is 7. The number of aromatic nitrogens is 1. The number of sulfone groups is 1. The number of nitrogens with one attached hydrogen (secondary N) is 2. The quantitative estimate of drug-likeness (QED) is 0.404. The number of fused-ring (bicyclic) bond motifs is 1. The molecule has 1 saturated heterocycles. The molecule has 2 aromatic carbocycles. The third-order valence-electron chi connectivity index (χ3n) is 6.56. The summed E-state index contributed by atoms with van der Waals surface area (Å²) in [6.07, 6.45) is 5.61. The third kappa shape index (κ3) is 5.22. The molecule has 0 spiro atoms. The molecule has 1 unspecified atom stereocenters. The summed E-state index contributed by atoms with van der Waals surface area (Å²) in [5, 5.41) is 6.44. The van der Waals surface area contributed by atoms with Gasteiger partial charge in [-0.05, 0) is 59.8 Å². The van der Waals surface area contributed by atoms with Crippen molar-refractivity contribution < 1.29 is 17.9 Å². The molecule has 2 aliphatic heterocycles. The highest BCUT2D eigenvalue weighted by Crippen LogP contribution is 2.35. The average molecular weight is 520 g/mol. The number of carbonyl (C=O) groups excluding carboxylic acids is 1. The van der Waals surface area contributed by atoms with Gasteiger partial charge in [0.05, 0.1) is 23.8 Å². The molecule has 0 bridgehead atoms. The number of benzene rings is 2. The average Bonchev–Trinajstić information content (AvgIpc) is 2.92. The molecule has 0 radical (unpaired) electrons. The molecule has 37 heavy (non-hydrogen) atoms. The summed E-state index contributed by atoms with van der Waals surface area (Å²) < 4.78 is 30.2. The molecular formula is C27H29N5O4S. The minimum absolute atomic E-state index is 0.114. The minimum Gasteiger partial charge on any atom is -0.378 e. The number of nitrogens with zero attached hydrogens (tertiary/aromatic N) is 2. The molecule has 4 N–H and O–H groups in total. The maximum Gasteiger partial charge on any atom is 0.175 e. The first kappa shape index (κ1) is 24.9. The highest BCUT2D eigenvalue weighted by Gasteiger charge is 2.24. The Bertz CT molecular complexity index is 1450. The van der Waals surface area contributed by atoms with Crippen LogP contribution in [0.1, 0.15) is 22.7 Å². The van der Waals surface area contributed by atoms with Crippen LogP contribution in [0, 0.1) is 0 Å². The summed E-state index contributed by atoms with van der Waals surface area (Å²) >= 11 is 0. The van der Waals surface area contributed by atoms with Crippen molar-refractivity contribution in [1.82, 2.24) is 10.3 Å². The fourth-order valence-electron chi connectivity index (χ4n) is 4.66. The maximum absolute atomic E-state index is 12.4. The standard InChI is InChI=1S/C27H29N5O4S/c1-37(34,35)25-15-18(2-3-20(25)16-28)23-14-19-8-9-29-24(17-33)26(19)27(31-23)30-21-4-6-22(7-5-21)32-10-12-36-13-11-32/h2-9,14-15,17,24,29H,10-13,16,28H2,1H3,(H,30,31). The molecule has 1 aromatic heterocycles. The van der Waals surface area contributed by atoms with Crippen molar-refractivity contribution in [3.63, 3.8) is 0 Å². The van der Waals surface area contributed by atoms with Gasteiger partial charge in [-0.25, -0.2) is 13.4 Å². The van der Waals surface area contributed by atoms with Gasteiger partial charge in [0.15, 0.2) is 9.84 Å². The second-order valence-electron chi connectivity index (χ2n) is 9.04. The summed E-state index contributed by atoms with van der Waals surface area (Å²) in [7, 11) is -3.48. The lowest BCUT2D eigenvalue weighted by Gasteiger charge is -2.29. The van der Waals surface area contributed by atoms with E-state index < -0.39 is 15.9 Å².